The molecule has 2 aliphatic heterocycles. The quantitative estimate of drug-likeness (QED) is 0.272. The Balaban J connectivity index is 1.36. The van der Waals surface area contributed by atoms with Crippen molar-refractivity contribution in [2.24, 2.45) is 0 Å². The Morgan fingerprint density at radius 3 is 2.57 bits per heavy atom. The van der Waals surface area contributed by atoms with Gasteiger partial charge in [0.1, 0.15) is 29.4 Å². The number of aromatic nitrogens is 5. The minimum Gasteiger partial charge on any atom is -0.404 e. The number of hydrogen-bond donors (Lipinski definition) is 0. The molecule has 0 N–H and O–H groups in total. The highest BCUT2D eigenvalue weighted by Crippen LogP contribution is 2.34. The summed E-state index contributed by atoms with van der Waals surface area (Å²) in [4.78, 5) is 8.44. The Morgan fingerprint density at radius 2 is 1.80 bits per heavy atom. The van der Waals surface area contributed by atoms with Crippen molar-refractivity contribution in [2.45, 2.75) is 12.9 Å². The van der Waals surface area contributed by atoms with Gasteiger partial charge in [-0.1, -0.05) is 22.8 Å². The van der Waals surface area contributed by atoms with Gasteiger partial charge < -0.3 is 9.26 Å². The molecule has 35 heavy (non-hydrogen) atoms. The predicted octanol–water partition coefficient (Wildman–Crippen LogP) is 5.98. The average Bonchev–Trinajstić information content (AvgIpc) is 3.43. The van der Waals surface area contributed by atoms with Crippen LogP contribution in [0.2, 0.25) is 5.02 Å². The monoisotopic (exact) mass is 507 g/mol. The number of benzene rings is 2. The number of rotatable bonds is 5. The molecule has 2 aliphatic rings. The molecule has 0 atom stereocenters. The van der Waals surface area contributed by atoms with Crippen molar-refractivity contribution in [3.05, 3.63) is 77.3 Å². The third kappa shape index (κ3) is 4.78. The Kier molecular flexibility index (Phi) is 5.59. The van der Waals surface area contributed by atoms with Crippen LogP contribution in [0, 0.1) is 11.6 Å². The first kappa shape index (κ1) is 22.7. The number of halogens is 6. The van der Waals surface area contributed by atoms with E-state index < -0.39 is 23.7 Å². The van der Waals surface area contributed by atoms with E-state index in [0.29, 0.717) is 28.4 Å². The van der Waals surface area contributed by atoms with E-state index in [-0.39, 0.29) is 23.0 Å². The van der Waals surface area contributed by atoms with Gasteiger partial charge in [-0.05, 0) is 30.3 Å². The van der Waals surface area contributed by atoms with Crippen LogP contribution in [0.1, 0.15) is 5.76 Å². The summed E-state index contributed by atoms with van der Waals surface area (Å²) in [5.41, 5.74) is 1.45. The van der Waals surface area contributed by atoms with Crippen LogP contribution in [0.4, 0.5) is 22.0 Å². The van der Waals surface area contributed by atoms with E-state index in [1.165, 1.54) is 35.1 Å². The molecule has 2 aromatic carbocycles. The number of fused-ring (bicyclic) bond motifs is 1. The van der Waals surface area contributed by atoms with Crippen LogP contribution >= 0.6 is 11.6 Å². The van der Waals surface area contributed by atoms with Crippen LogP contribution in [0.25, 0.3) is 34.0 Å². The number of ether oxygens (including phenoxy) is 1. The van der Waals surface area contributed by atoms with E-state index in [0.717, 1.165) is 12.1 Å². The Labute approximate surface area is 198 Å². The molecule has 0 fully saturated rings. The molecular weight excluding hydrogens is 497 g/mol. The van der Waals surface area contributed by atoms with E-state index in [9.17, 15) is 22.0 Å². The summed E-state index contributed by atoms with van der Waals surface area (Å²) in [6.07, 6.45) is -1.90. The molecule has 1 aromatic heterocycles. The third-order valence-corrected chi connectivity index (χ3v) is 5.13. The van der Waals surface area contributed by atoms with Crippen molar-refractivity contribution in [3.63, 3.8) is 0 Å². The Bertz CT molecular complexity index is 1500. The summed E-state index contributed by atoms with van der Waals surface area (Å²) >= 11 is 5.89. The van der Waals surface area contributed by atoms with Crippen molar-refractivity contribution in [1.82, 2.24) is 24.9 Å². The molecule has 0 unspecified atom stereocenters. The number of nitrogens with zero attached hydrogens (tertiary/aromatic N) is 5. The topological polar surface area (TPSA) is 78.9 Å². The van der Waals surface area contributed by atoms with E-state index in [1.807, 2.05) is 0 Å². The zero-order chi connectivity index (χ0) is 24.7. The fraction of sp³-hybridized carbons (Fsp3) is 0.0909. The van der Waals surface area contributed by atoms with E-state index in [1.54, 1.807) is 12.3 Å². The SMILES string of the molecule is Fc1cccc(-c2nc3cnn(Cc4cc(-c5ccc(OC(F)(F)F)c(Cl)c5)no4)cc-3n2)c1F. The molecule has 0 aliphatic carbocycles. The highest BCUT2D eigenvalue weighted by molar-refractivity contribution is 6.32. The van der Waals surface area contributed by atoms with E-state index in [2.05, 4.69) is 25.0 Å². The second-order valence-corrected chi connectivity index (χ2v) is 7.67. The van der Waals surface area contributed by atoms with Crippen molar-refractivity contribution >= 4 is 11.6 Å². The molecule has 0 bridgehead atoms. The normalized spacial score (nSPS) is 11.8. The molecule has 0 saturated heterocycles. The van der Waals surface area contributed by atoms with Gasteiger partial charge in [-0.25, -0.2) is 18.7 Å². The van der Waals surface area contributed by atoms with E-state index >= 15 is 0 Å². The zero-order valence-corrected chi connectivity index (χ0v) is 18.0. The van der Waals surface area contributed by atoms with Crippen LogP contribution in [-0.4, -0.2) is 31.3 Å². The van der Waals surface area contributed by atoms with Crippen molar-refractivity contribution < 1.29 is 31.2 Å². The lowest BCUT2D eigenvalue weighted by molar-refractivity contribution is -0.274. The Hall–Kier alpha value is -4.06. The van der Waals surface area contributed by atoms with Gasteiger partial charge in [-0.2, -0.15) is 5.10 Å². The summed E-state index contributed by atoms with van der Waals surface area (Å²) in [6, 6.07) is 9.02. The van der Waals surface area contributed by atoms with Crippen LogP contribution in [-0.2, 0) is 6.54 Å². The standard InChI is InChI=1S/C22H11ClF5N5O2/c23-14-6-11(4-5-19(14)34-22(26,27)28)16-7-12(35-32-16)9-33-10-18-17(8-29-33)30-21(31-18)13-2-1-3-15(24)20(13)25/h1-8,10H,9H2. The maximum Gasteiger partial charge on any atom is 0.573 e. The lowest BCUT2D eigenvalue weighted by Crippen LogP contribution is -2.17. The number of alkyl halides is 3. The van der Waals surface area contributed by atoms with Crippen molar-refractivity contribution in [1.29, 1.82) is 0 Å². The maximum absolute atomic E-state index is 14.1. The van der Waals surface area contributed by atoms with Crippen molar-refractivity contribution in [2.75, 3.05) is 0 Å². The smallest absolute Gasteiger partial charge is 0.404 e. The van der Waals surface area contributed by atoms with Gasteiger partial charge in [0.05, 0.1) is 23.0 Å². The second-order valence-electron chi connectivity index (χ2n) is 7.26. The summed E-state index contributed by atoms with van der Waals surface area (Å²) in [7, 11) is 0. The predicted molar refractivity (Wildman–Crippen MR) is 113 cm³/mol. The zero-order valence-electron chi connectivity index (χ0n) is 17.2. The lowest BCUT2D eigenvalue weighted by atomic mass is 10.1. The molecule has 3 heterocycles. The first-order chi connectivity index (χ1) is 16.7. The molecule has 13 heteroatoms. The van der Waals surface area contributed by atoms with Gasteiger partial charge in [0, 0.05) is 11.6 Å². The van der Waals surface area contributed by atoms with Gasteiger partial charge >= 0.3 is 6.36 Å². The number of imidazole rings is 1. The molecule has 0 amide bonds. The lowest BCUT2D eigenvalue weighted by Gasteiger charge is -2.10. The largest absolute Gasteiger partial charge is 0.573 e. The molecule has 178 valence electrons. The van der Waals surface area contributed by atoms with Crippen LogP contribution in [0.5, 0.6) is 5.75 Å². The van der Waals surface area contributed by atoms with Crippen LogP contribution in [0.3, 0.4) is 0 Å². The average molecular weight is 508 g/mol. The third-order valence-electron chi connectivity index (χ3n) is 4.84. The van der Waals surface area contributed by atoms with Gasteiger partial charge in [-0.3, -0.25) is 4.68 Å². The minimum absolute atomic E-state index is 0.0216. The van der Waals surface area contributed by atoms with Crippen LogP contribution < -0.4 is 4.74 Å². The molecule has 0 radical (unpaired) electrons. The maximum atomic E-state index is 14.1. The minimum atomic E-state index is -4.87. The molecule has 3 aromatic rings. The first-order valence-electron chi connectivity index (χ1n) is 9.82. The number of hydrogen-bond acceptors (Lipinski definition) is 6. The van der Waals surface area contributed by atoms with Gasteiger partial charge in [0.2, 0.25) is 0 Å². The summed E-state index contributed by atoms with van der Waals surface area (Å²) in [5, 5.41) is 7.87. The molecule has 0 spiro atoms. The fourth-order valence-corrected chi connectivity index (χ4v) is 3.51. The Morgan fingerprint density at radius 1 is 1.00 bits per heavy atom. The highest BCUT2D eigenvalue weighted by atomic mass is 35.5. The molecule has 5 rings (SSSR count). The van der Waals surface area contributed by atoms with Gasteiger partial charge in [-0.15, -0.1) is 13.2 Å². The van der Waals surface area contributed by atoms with Gasteiger partial charge in [0.25, 0.3) is 0 Å². The van der Waals surface area contributed by atoms with Crippen LogP contribution in [0.15, 0.2) is 59.4 Å². The molecular formula is C22H11ClF5N5O2. The fourth-order valence-electron chi connectivity index (χ4n) is 3.30. The highest BCUT2D eigenvalue weighted by Gasteiger charge is 2.32. The van der Waals surface area contributed by atoms with Crippen molar-refractivity contribution in [3.8, 4) is 39.8 Å². The van der Waals surface area contributed by atoms with Gasteiger partial charge in [0.15, 0.2) is 23.2 Å². The summed E-state index contributed by atoms with van der Waals surface area (Å²) < 4.78 is 75.5. The molecule has 7 nitrogen and oxygen atoms in total. The second kappa shape index (κ2) is 8.62. The van der Waals surface area contributed by atoms with E-state index in [4.69, 9.17) is 16.1 Å². The molecule has 0 saturated carbocycles. The summed E-state index contributed by atoms with van der Waals surface area (Å²) in [6.45, 7) is 0.127. The summed E-state index contributed by atoms with van der Waals surface area (Å²) in [5.74, 6) is -2.19. The first-order valence-corrected chi connectivity index (χ1v) is 10.2.